The van der Waals surface area contributed by atoms with Gasteiger partial charge in [-0.05, 0) is 25.1 Å². The first-order chi connectivity index (χ1) is 9.85. The van der Waals surface area contributed by atoms with Crippen molar-refractivity contribution in [3.05, 3.63) is 38.8 Å². The average Bonchev–Trinajstić information content (AvgIpc) is 2.76. The fourth-order valence-electron chi connectivity index (χ4n) is 1.73. The number of alkyl halides is 3. The third kappa shape index (κ3) is 4.89. The number of aryl methyl sites for hydroxylation is 1. The molecule has 114 valence electrons. The van der Waals surface area contributed by atoms with Crippen molar-refractivity contribution in [1.29, 1.82) is 0 Å². The van der Waals surface area contributed by atoms with Crippen molar-refractivity contribution in [3.63, 3.8) is 0 Å². The summed E-state index contributed by atoms with van der Waals surface area (Å²) in [5.74, 6) is -0.252. The smallest absolute Gasteiger partial charge is 0.404 e. The molecule has 3 nitrogen and oxygen atoms in total. The van der Waals surface area contributed by atoms with E-state index < -0.39 is 6.36 Å². The summed E-state index contributed by atoms with van der Waals surface area (Å²) < 4.78 is 41.7. The molecule has 21 heavy (non-hydrogen) atoms. The predicted octanol–water partition coefficient (Wildman–Crippen LogP) is 4.77. The van der Waals surface area contributed by atoms with Crippen LogP contribution in [0.2, 0.25) is 0 Å². The number of benzene rings is 1. The predicted molar refractivity (Wildman–Crippen MR) is 79.9 cm³/mol. The highest BCUT2D eigenvalue weighted by Gasteiger charge is 2.32. The molecule has 2 rings (SSSR count). The number of hydrogen-bond donors (Lipinski definition) is 1. The Morgan fingerprint density at radius 2 is 2.14 bits per heavy atom. The van der Waals surface area contributed by atoms with E-state index in [-0.39, 0.29) is 5.75 Å². The third-order valence-corrected chi connectivity index (χ3v) is 4.17. The van der Waals surface area contributed by atoms with E-state index in [0.29, 0.717) is 23.1 Å². The van der Waals surface area contributed by atoms with Gasteiger partial charge in [-0.1, -0.05) is 15.9 Å². The molecular weight excluding hydrogens is 369 g/mol. The van der Waals surface area contributed by atoms with Crippen LogP contribution in [0.3, 0.4) is 0 Å². The van der Waals surface area contributed by atoms with Crippen molar-refractivity contribution < 1.29 is 17.9 Å². The van der Waals surface area contributed by atoms with Gasteiger partial charge in [0.2, 0.25) is 0 Å². The number of ether oxygens (including phenoxy) is 1. The number of thiazole rings is 1. The molecule has 1 aromatic heterocycles. The van der Waals surface area contributed by atoms with Gasteiger partial charge in [-0.2, -0.15) is 0 Å². The number of halogens is 4. The second kappa shape index (κ2) is 6.65. The minimum atomic E-state index is -4.72. The van der Waals surface area contributed by atoms with Crippen LogP contribution in [0.1, 0.15) is 10.6 Å². The Hall–Kier alpha value is -1.28. The van der Waals surface area contributed by atoms with Gasteiger partial charge in [-0.3, -0.25) is 0 Å². The molecule has 0 radical (unpaired) electrons. The van der Waals surface area contributed by atoms with Gasteiger partial charge in [0.05, 0.1) is 16.9 Å². The zero-order valence-corrected chi connectivity index (χ0v) is 13.4. The first kappa shape index (κ1) is 16.1. The number of nitrogens with one attached hydrogen (secondary N) is 1. The molecule has 1 aromatic carbocycles. The molecule has 0 atom stereocenters. The molecule has 1 N–H and O–H groups in total. The first-order valence-electron chi connectivity index (χ1n) is 6.03. The van der Waals surface area contributed by atoms with Crippen LogP contribution < -0.4 is 10.1 Å². The summed E-state index contributed by atoms with van der Waals surface area (Å²) in [5, 5.41) is 2.96. The average molecular weight is 381 g/mol. The van der Waals surface area contributed by atoms with Crippen LogP contribution in [0, 0.1) is 6.92 Å². The summed E-state index contributed by atoms with van der Waals surface area (Å²) in [6.45, 7) is 2.41. The molecule has 8 heteroatoms. The lowest BCUT2D eigenvalue weighted by Crippen LogP contribution is -2.18. The van der Waals surface area contributed by atoms with E-state index in [1.165, 1.54) is 17.4 Å². The molecule has 0 bridgehead atoms. The van der Waals surface area contributed by atoms with Crippen LogP contribution in [0.15, 0.2) is 28.2 Å². The molecule has 0 aliphatic carbocycles. The van der Waals surface area contributed by atoms with Crippen LogP contribution >= 0.6 is 27.3 Å². The Morgan fingerprint density at radius 1 is 1.38 bits per heavy atom. The lowest BCUT2D eigenvalue weighted by atomic mass is 10.2. The zero-order valence-electron chi connectivity index (χ0n) is 11.0. The fourth-order valence-corrected chi connectivity index (χ4v) is 2.85. The van der Waals surface area contributed by atoms with Gasteiger partial charge in [0, 0.05) is 22.3 Å². The van der Waals surface area contributed by atoms with Gasteiger partial charge in [-0.25, -0.2) is 4.98 Å². The van der Waals surface area contributed by atoms with Crippen LogP contribution in [0.4, 0.5) is 18.9 Å². The van der Waals surface area contributed by atoms with Gasteiger partial charge in [0.1, 0.15) is 0 Å². The lowest BCUT2D eigenvalue weighted by molar-refractivity contribution is -0.274. The van der Waals surface area contributed by atoms with Crippen molar-refractivity contribution in [2.24, 2.45) is 0 Å². The second-order valence-electron chi connectivity index (χ2n) is 4.23. The summed E-state index contributed by atoms with van der Waals surface area (Å²) in [6, 6.07) is 4.49. The van der Waals surface area contributed by atoms with E-state index in [1.807, 2.05) is 6.92 Å². The van der Waals surface area contributed by atoms with E-state index in [0.717, 1.165) is 10.6 Å². The minimum Gasteiger partial charge on any atom is -0.404 e. The van der Waals surface area contributed by atoms with Gasteiger partial charge in [-0.15, -0.1) is 24.5 Å². The molecule has 0 saturated heterocycles. The lowest BCUT2D eigenvalue weighted by Gasteiger charge is -2.15. The second-order valence-corrected chi connectivity index (χ2v) is 6.08. The monoisotopic (exact) mass is 380 g/mol. The van der Waals surface area contributed by atoms with Crippen LogP contribution in [-0.4, -0.2) is 17.9 Å². The number of aromatic nitrogens is 1. The summed E-state index contributed by atoms with van der Waals surface area (Å²) in [7, 11) is 0. The summed E-state index contributed by atoms with van der Waals surface area (Å²) in [5.41, 5.74) is 3.00. The highest BCUT2D eigenvalue weighted by molar-refractivity contribution is 9.10. The van der Waals surface area contributed by atoms with E-state index in [9.17, 15) is 13.2 Å². The molecule has 0 saturated carbocycles. The Balaban J connectivity index is 2.04. The van der Waals surface area contributed by atoms with Crippen molar-refractivity contribution in [2.75, 3.05) is 11.9 Å². The SMILES string of the molecule is Cc1ncsc1CCNc1ccc(Br)cc1OC(F)(F)F. The largest absolute Gasteiger partial charge is 0.573 e. The normalized spacial score (nSPS) is 11.5. The fraction of sp³-hybridized carbons (Fsp3) is 0.308. The van der Waals surface area contributed by atoms with E-state index >= 15 is 0 Å². The quantitative estimate of drug-likeness (QED) is 0.811. The highest BCUT2D eigenvalue weighted by Crippen LogP contribution is 2.33. The molecular formula is C13H12BrF3N2OS. The van der Waals surface area contributed by atoms with Gasteiger partial charge in [0.25, 0.3) is 0 Å². The zero-order chi connectivity index (χ0) is 15.5. The maximum atomic E-state index is 12.4. The summed E-state index contributed by atoms with van der Waals surface area (Å²) in [4.78, 5) is 5.24. The van der Waals surface area contributed by atoms with E-state index in [1.54, 1.807) is 17.6 Å². The Morgan fingerprint density at radius 3 is 2.76 bits per heavy atom. The van der Waals surface area contributed by atoms with Gasteiger partial charge < -0.3 is 10.1 Å². The molecule has 0 fully saturated rings. The molecule has 0 spiro atoms. The maximum absolute atomic E-state index is 12.4. The van der Waals surface area contributed by atoms with Crippen molar-refractivity contribution in [1.82, 2.24) is 4.98 Å². The van der Waals surface area contributed by atoms with E-state index in [2.05, 4.69) is 31.0 Å². The Kier molecular flexibility index (Phi) is 5.10. The Labute approximate surface area is 132 Å². The van der Waals surface area contributed by atoms with Crippen LogP contribution in [-0.2, 0) is 6.42 Å². The number of anilines is 1. The number of rotatable bonds is 5. The molecule has 0 aliphatic heterocycles. The Bertz CT molecular complexity index is 616. The minimum absolute atomic E-state index is 0.252. The third-order valence-electron chi connectivity index (χ3n) is 2.68. The van der Waals surface area contributed by atoms with Crippen molar-refractivity contribution >= 4 is 33.0 Å². The maximum Gasteiger partial charge on any atom is 0.573 e. The molecule has 0 aliphatic rings. The van der Waals surface area contributed by atoms with Crippen LogP contribution in [0.25, 0.3) is 0 Å². The standard InChI is InChI=1S/C13H12BrF3N2OS/c1-8-12(21-7-19-8)4-5-18-10-3-2-9(14)6-11(10)20-13(15,16)17/h2-3,6-7,18H,4-5H2,1H3. The molecule has 0 unspecified atom stereocenters. The number of nitrogens with zero attached hydrogens (tertiary/aromatic N) is 1. The molecule has 2 aromatic rings. The highest BCUT2D eigenvalue weighted by atomic mass is 79.9. The summed E-state index contributed by atoms with van der Waals surface area (Å²) >= 11 is 4.66. The first-order valence-corrected chi connectivity index (χ1v) is 7.70. The number of hydrogen-bond acceptors (Lipinski definition) is 4. The van der Waals surface area contributed by atoms with Gasteiger partial charge in [0.15, 0.2) is 5.75 Å². The summed E-state index contributed by atoms with van der Waals surface area (Å²) in [6.07, 6.45) is -4.02. The molecule has 0 amide bonds. The van der Waals surface area contributed by atoms with E-state index in [4.69, 9.17) is 0 Å². The molecule has 1 heterocycles. The van der Waals surface area contributed by atoms with Crippen molar-refractivity contribution in [3.8, 4) is 5.75 Å². The topological polar surface area (TPSA) is 34.2 Å². The van der Waals surface area contributed by atoms with Gasteiger partial charge >= 0.3 is 6.36 Å². The van der Waals surface area contributed by atoms with Crippen molar-refractivity contribution in [2.45, 2.75) is 19.7 Å². The van der Waals surface area contributed by atoms with Crippen LogP contribution in [0.5, 0.6) is 5.75 Å².